The van der Waals surface area contributed by atoms with Crippen molar-refractivity contribution in [2.45, 2.75) is 32.2 Å². The largest absolute Gasteiger partial charge is 0.492 e. The number of halogens is 3. The van der Waals surface area contributed by atoms with E-state index in [2.05, 4.69) is 4.98 Å². The molecule has 0 N–H and O–H groups in total. The first-order valence-electron chi connectivity index (χ1n) is 10.9. The average molecular weight is 453 g/mol. The van der Waals surface area contributed by atoms with Crippen molar-refractivity contribution in [3.05, 3.63) is 82.9 Å². The van der Waals surface area contributed by atoms with Crippen LogP contribution < -0.4 is 4.74 Å². The van der Waals surface area contributed by atoms with E-state index in [4.69, 9.17) is 16.3 Å². The molecule has 0 unspecified atom stereocenters. The van der Waals surface area contributed by atoms with E-state index in [0.717, 1.165) is 24.5 Å². The van der Waals surface area contributed by atoms with E-state index in [1.165, 1.54) is 12.8 Å². The quantitative estimate of drug-likeness (QED) is 0.308. The van der Waals surface area contributed by atoms with Crippen molar-refractivity contribution in [3.8, 4) is 17.1 Å². The van der Waals surface area contributed by atoms with E-state index in [9.17, 15) is 8.78 Å². The number of imidazole rings is 1. The Balaban J connectivity index is 1.63. The van der Waals surface area contributed by atoms with Crippen LogP contribution >= 0.6 is 11.6 Å². The number of hydrogen-bond donors (Lipinski definition) is 0. The van der Waals surface area contributed by atoms with Gasteiger partial charge in [-0.1, -0.05) is 54.8 Å². The minimum Gasteiger partial charge on any atom is -0.492 e. The standard InChI is InChI=1S/C26H23ClF2N2O/c27-19-10-11-20(23(14-19)32-16-18-8-4-5-9-18)26-30-25-22(13-12-21(28)24(25)29)31(26)15-17-6-2-1-3-7-17/h1-3,6-7,10-14,18H,4-5,8-9,15-16H2. The summed E-state index contributed by atoms with van der Waals surface area (Å²) in [6, 6.07) is 17.9. The van der Waals surface area contributed by atoms with Crippen LogP contribution in [0.15, 0.2) is 60.7 Å². The number of rotatable bonds is 6. The second-order valence-electron chi connectivity index (χ2n) is 8.34. The Hall–Kier alpha value is -2.92. The van der Waals surface area contributed by atoms with Gasteiger partial charge in [0.15, 0.2) is 11.6 Å². The first-order chi connectivity index (χ1) is 15.6. The van der Waals surface area contributed by atoms with Crippen LogP contribution in [0.1, 0.15) is 31.2 Å². The van der Waals surface area contributed by atoms with Crippen molar-refractivity contribution in [1.29, 1.82) is 0 Å². The number of ether oxygens (including phenoxy) is 1. The number of nitrogens with zero attached hydrogens (tertiary/aromatic N) is 2. The molecule has 1 saturated carbocycles. The summed E-state index contributed by atoms with van der Waals surface area (Å²) in [6.07, 6.45) is 4.78. The molecule has 1 aromatic heterocycles. The number of fused-ring (bicyclic) bond motifs is 1. The van der Waals surface area contributed by atoms with Crippen molar-refractivity contribution in [3.63, 3.8) is 0 Å². The molecule has 0 aliphatic heterocycles. The fourth-order valence-corrected chi connectivity index (χ4v) is 4.61. The lowest BCUT2D eigenvalue weighted by Crippen LogP contribution is -2.09. The molecule has 0 bridgehead atoms. The summed E-state index contributed by atoms with van der Waals surface area (Å²) in [4.78, 5) is 4.53. The van der Waals surface area contributed by atoms with Gasteiger partial charge >= 0.3 is 0 Å². The molecule has 1 aliphatic rings. The van der Waals surface area contributed by atoms with Gasteiger partial charge in [-0.25, -0.2) is 13.8 Å². The third-order valence-electron chi connectivity index (χ3n) is 6.13. The summed E-state index contributed by atoms with van der Waals surface area (Å²) in [5.41, 5.74) is 2.27. The molecule has 5 rings (SSSR count). The van der Waals surface area contributed by atoms with Crippen LogP contribution in [0, 0.1) is 17.6 Å². The highest BCUT2D eigenvalue weighted by atomic mass is 35.5. The summed E-state index contributed by atoms with van der Waals surface area (Å²) < 4.78 is 36.7. The van der Waals surface area contributed by atoms with Gasteiger partial charge in [-0.2, -0.15) is 0 Å². The molecular weight excluding hydrogens is 430 g/mol. The molecule has 164 valence electrons. The minimum absolute atomic E-state index is 0.00706. The molecule has 3 nitrogen and oxygen atoms in total. The molecule has 0 spiro atoms. The maximum Gasteiger partial charge on any atom is 0.186 e. The highest BCUT2D eigenvalue weighted by Gasteiger charge is 2.22. The normalized spacial score (nSPS) is 14.3. The average Bonchev–Trinajstić information content (AvgIpc) is 3.44. The van der Waals surface area contributed by atoms with Gasteiger partial charge in [0.1, 0.15) is 17.1 Å². The first kappa shape index (κ1) is 21.0. The van der Waals surface area contributed by atoms with Gasteiger partial charge in [0.2, 0.25) is 0 Å². The van der Waals surface area contributed by atoms with Gasteiger partial charge in [-0.15, -0.1) is 0 Å². The van der Waals surface area contributed by atoms with E-state index < -0.39 is 11.6 Å². The molecule has 0 atom stereocenters. The molecule has 32 heavy (non-hydrogen) atoms. The topological polar surface area (TPSA) is 27.1 Å². The summed E-state index contributed by atoms with van der Waals surface area (Å²) in [6.45, 7) is 1.07. The molecule has 1 heterocycles. The molecule has 3 aromatic carbocycles. The van der Waals surface area contributed by atoms with Crippen LogP contribution in [-0.2, 0) is 6.54 Å². The Kier molecular flexibility index (Phi) is 5.83. The molecule has 0 radical (unpaired) electrons. The van der Waals surface area contributed by atoms with Gasteiger partial charge in [0.25, 0.3) is 0 Å². The van der Waals surface area contributed by atoms with Gasteiger partial charge in [0, 0.05) is 11.6 Å². The van der Waals surface area contributed by atoms with Gasteiger partial charge in [-0.05, 0) is 54.7 Å². The lowest BCUT2D eigenvalue weighted by atomic mass is 10.1. The van der Waals surface area contributed by atoms with E-state index in [-0.39, 0.29) is 5.52 Å². The lowest BCUT2D eigenvalue weighted by molar-refractivity contribution is 0.253. The van der Waals surface area contributed by atoms with Crippen LogP contribution in [-0.4, -0.2) is 16.2 Å². The Morgan fingerprint density at radius 3 is 2.56 bits per heavy atom. The molecule has 0 saturated heterocycles. The molecule has 1 fully saturated rings. The third kappa shape index (κ3) is 4.09. The summed E-state index contributed by atoms with van der Waals surface area (Å²) in [5.74, 6) is -0.210. The van der Waals surface area contributed by atoms with Gasteiger partial charge in [0.05, 0.1) is 17.7 Å². The van der Waals surface area contributed by atoms with Crippen molar-refractivity contribution < 1.29 is 13.5 Å². The second kappa shape index (κ2) is 8.91. The fourth-order valence-electron chi connectivity index (χ4n) is 4.45. The minimum atomic E-state index is -0.946. The summed E-state index contributed by atoms with van der Waals surface area (Å²) >= 11 is 6.28. The highest BCUT2D eigenvalue weighted by Crippen LogP contribution is 2.36. The molecule has 1 aliphatic carbocycles. The zero-order valence-electron chi connectivity index (χ0n) is 17.5. The van der Waals surface area contributed by atoms with Crippen molar-refractivity contribution >= 4 is 22.6 Å². The van der Waals surface area contributed by atoms with E-state index in [1.807, 2.05) is 41.0 Å². The molecule has 6 heteroatoms. The Bertz CT molecular complexity index is 1250. The summed E-state index contributed by atoms with van der Waals surface area (Å²) in [7, 11) is 0. The van der Waals surface area contributed by atoms with Crippen LogP contribution in [0.5, 0.6) is 5.75 Å². The van der Waals surface area contributed by atoms with E-state index >= 15 is 0 Å². The van der Waals surface area contributed by atoms with Crippen molar-refractivity contribution in [2.24, 2.45) is 5.92 Å². The Morgan fingerprint density at radius 2 is 1.78 bits per heavy atom. The van der Waals surface area contributed by atoms with E-state index in [0.29, 0.717) is 46.7 Å². The number of hydrogen-bond acceptors (Lipinski definition) is 2. The SMILES string of the molecule is Fc1ccc2c(nc(-c3ccc(Cl)cc3OCC3CCCC3)n2Cc2ccccc2)c1F. The predicted molar refractivity (Wildman–Crippen MR) is 123 cm³/mol. The number of benzene rings is 3. The Labute approximate surface area is 190 Å². The molecular formula is C26H23ClF2N2O. The molecule has 0 amide bonds. The third-order valence-corrected chi connectivity index (χ3v) is 6.36. The van der Waals surface area contributed by atoms with Crippen molar-refractivity contribution in [1.82, 2.24) is 9.55 Å². The van der Waals surface area contributed by atoms with Gasteiger partial charge in [-0.3, -0.25) is 0 Å². The summed E-state index contributed by atoms with van der Waals surface area (Å²) in [5, 5.41) is 0.554. The van der Waals surface area contributed by atoms with E-state index in [1.54, 1.807) is 18.2 Å². The maximum absolute atomic E-state index is 14.7. The first-order valence-corrected chi connectivity index (χ1v) is 11.3. The zero-order valence-corrected chi connectivity index (χ0v) is 18.3. The highest BCUT2D eigenvalue weighted by molar-refractivity contribution is 6.30. The lowest BCUT2D eigenvalue weighted by Gasteiger charge is -2.16. The van der Waals surface area contributed by atoms with Crippen LogP contribution in [0.4, 0.5) is 8.78 Å². The maximum atomic E-state index is 14.7. The van der Waals surface area contributed by atoms with Crippen molar-refractivity contribution in [2.75, 3.05) is 6.61 Å². The monoisotopic (exact) mass is 452 g/mol. The van der Waals surface area contributed by atoms with Crippen LogP contribution in [0.25, 0.3) is 22.4 Å². The predicted octanol–water partition coefficient (Wildman–Crippen LogP) is 7.25. The van der Waals surface area contributed by atoms with Gasteiger partial charge < -0.3 is 9.30 Å². The van der Waals surface area contributed by atoms with Crippen LogP contribution in [0.2, 0.25) is 5.02 Å². The smallest absolute Gasteiger partial charge is 0.186 e. The Morgan fingerprint density at radius 1 is 1.00 bits per heavy atom. The van der Waals surface area contributed by atoms with Crippen LogP contribution in [0.3, 0.4) is 0 Å². The number of aromatic nitrogens is 2. The molecule has 4 aromatic rings. The fraction of sp³-hybridized carbons (Fsp3) is 0.269. The zero-order chi connectivity index (χ0) is 22.1. The second-order valence-corrected chi connectivity index (χ2v) is 8.77.